The first kappa shape index (κ1) is 15.2. The van der Waals surface area contributed by atoms with Crippen LogP contribution in [0.15, 0.2) is 24.3 Å². The summed E-state index contributed by atoms with van der Waals surface area (Å²) in [5, 5.41) is 3.29. The van der Waals surface area contributed by atoms with Crippen LogP contribution in [-0.2, 0) is 0 Å². The average Bonchev–Trinajstić information content (AvgIpc) is 2.17. The van der Waals surface area contributed by atoms with E-state index in [1.54, 1.807) is 24.3 Å². The molecule has 0 fully saturated rings. The summed E-state index contributed by atoms with van der Waals surface area (Å²) >= 11 is 5.89. The van der Waals surface area contributed by atoms with Crippen LogP contribution in [0.25, 0.3) is 0 Å². The van der Waals surface area contributed by atoms with Gasteiger partial charge >= 0.3 is 0 Å². The molecule has 0 aliphatic carbocycles. The monoisotopic (exact) mass is 262 g/mol. The van der Waals surface area contributed by atoms with Crippen LogP contribution in [0.5, 0.6) is 0 Å². The zero-order valence-electron chi connectivity index (χ0n) is 9.37. The predicted octanol–water partition coefficient (Wildman–Crippen LogP) is 2.05. The number of likely N-dealkylation sites (N-methyl/N-ethyl adjacent to an activating group) is 1. The molecule has 0 aliphatic rings. The summed E-state index contributed by atoms with van der Waals surface area (Å²) < 4.78 is 0. The van der Waals surface area contributed by atoms with Gasteiger partial charge in [0, 0.05) is 13.1 Å². The first-order valence-electron chi connectivity index (χ1n) is 4.78. The van der Waals surface area contributed by atoms with Crippen molar-refractivity contribution in [3.05, 3.63) is 34.9 Å². The molecule has 0 heterocycles. The van der Waals surface area contributed by atoms with E-state index in [4.69, 9.17) is 11.6 Å². The van der Waals surface area contributed by atoms with Gasteiger partial charge in [-0.25, -0.2) is 0 Å². The van der Waals surface area contributed by atoms with E-state index in [2.05, 4.69) is 5.32 Å². The Hall–Kier alpha value is -0.770. The SMILES string of the molecule is CN(C)CCNC(=O)c1ccccc1Cl.Cl. The number of rotatable bonds is 4. The highest BCUT2D eigenvalue weighted by atomic mass is 35.5. The molecule has 1 aromatic rings. The predicted molar refractivity (Wildman–Crippen MR) is 69.6 cm³/mol. The molecule has 16 heavy (non-hydrogen) atoms. The third-order valence-electron chi connectivity index (χ3n) is 1.96. The van der Waals surface area contributed by atoms with Gasteiger partial charge in [0.15, 0.2) is 0 Å². The molecular weight excluding hydrogens is 247 g/mol. The molecule has 0 bridgehead atoms. The number of amides is 1. The standard InChI is InChI=1S/C11H15ClN2O.ClH/c1-14(2)8-7-13-11(15)9-5-3-4-6-10(9)12;/h3-6H,7-8H2,1-2H3,(H,13,15);1H. The minimum atomic E-state index is -0.123. The number of carbonyl (C=O) groups is 1. The van der Waals surface area contributed by atoms with E-state index in [0.717, 1.165) is 6.54 Å². The molecule has 0 spiro atoms. The molecule has 0 aromatic heterocycles. The van der Waals surface area contributed by atoms with E-state index < -0.39 is 0 Å². The largest absolute Gasteiger partial charge is 0.351 e. The molecule has 0 saturated heterocycles. The van der Waals surface area contributed by atoms with Gasteiger partial charge in [0.05, 0.1) is 10.6 Å². The van der Waals surface area contributed by atoms with E-state index in [1.165, 1.54) is 0 Å². The van der Waals surface area contributed by atoms with E-state index >= 15 is 0 Å². The summed E-state index contributed by atoms with van der Waals surface area (Å²) in [6.45, 7) is 1.44. The van der Waals surface area contributed by atoms with Crippen molar-refractivity contribution in [2.75, 3.05) is 27.2 Å². The Morgan fingerprint density at radius 1 is 1.38 bits per heavy atom. The third kappa shape index (κ3) is 4.84. The molecule has 0 aliphatic heterocycles. The maximum Gasteiger partial charge on any atom is 0.252 e. The number of nitrogens with one attached hydrogen (secondary N) is 1. The van der Waals surface area contributed by atoms with Crippen LogP contribution >= 0.6 is 24.0 Å². The van der Waals surface area contributed by atoms with Gasteiger partial charge in [-0.05, 0) is 26.2 Å². The van der Waals surface area contributed by atoms with Crippen LogP contribution in [0.2, 0.25) is 5.02 Å². The smallest absolute Gasteiger partial charge is 0.252 e. The van der Waals surface area contributed by atoms with Crippen LogP contribution in [0.4, 0.5) is 0 Å². The minimum Gasteiger partial charge on any atom is -0.351 e. The summed E-state index contributed by atoms with van der Waals surface area (Å²) in [6, 6.07) is 7.03. The summed E-state index contributed by atoms with van der Waals surface area (Å²) in [5.41, 5.74) is 0.526. The summed E-state index contributed by atoms with van der Waals surface area (Å²) in [4.78, 5) is 13.6. The maximum absolute atomic E-state index is 11.6. The Bertz CT molecular complexity index is 343. The second kappa shape index (κ2) is 7.49. The second-order valence-corrected chi connectivity index (χ2v) is 3.95. The van der Waals surface area contributed by atoms with Gasteiger partial charge in [-0.2, -0.15) is 0 Å². The average molecular weight is 263 g/mol. The lowest BCUT2D eigenvalue weighted by Crippen LogP contribution is -2.31. The van der Waals surface area contributed by atoms with E-state index in [9.17, 15) is 4.79 Å². The topological polar surface area (TPSA) is 32.3 Å². The maximum atomic E-state index is 11.6. The van der Waals surface area contributed by atoms with Crippen LogP contribution in [0.3, 0.4) is 0 Å². The number of hydrogen-bond acceptors (Lipinski definition) is 2. The van der Waals surface area contributed by atoms with Crippen LogP contribution in [0.1, 0.15) is 10.4 Å². The van der Waals surface area contributed by atoms with Crippen LogP contribution in [-0.4, -0.2) is 38.0 Å². The van der Waals surface area contributed by atoms with E-state index in [0.29, 0.717) is 17.1 Å². The Morgan fingerprint density at radius 3 is 2.56 bits per heavy atom. The molecule has 0 unspecified atom stereocenters. The van der Waals surface area contributed by atoms with Crippen LogP contribution in [0, 0.1) is 0 Å². The Kier molecular flexibility index (Phi) is 7.13. The number of hydrogen-bond donors (Lipinski definition) is 1. The number of benzene rings is 1. The molecule has 1 aromatic carbocycles. The highest BCUT2D eigenvalue weighted by molar-refractivity contribution is 6.33. The van der Waals surface area contributed by atoms with E-state index in [-0.39, 0.29) is 18.3 Å². The summed E-state index contributed by atoms with van der Waals surface area (Å²) in [5.74, 6) is -0.123. The fourth-order valence-corrected chi connectivity index (χ4v) is 1.36. The molecule has 5 heteroatoms. The lowest BCUT2D eigenvalue weighted by atomic mass is 10.2. The van der Waals surface area contributed by atoms with Gasteiger partial charge in [0.2, 0.25) is 0 Å². The molecule has 3 nitrogen and oxygen atoms in total. The van der Waals surface area contributed by atoms with Crippen molar-refractivity contribution in [3.63, 3.8) is 0 Å². The summed E-state index contributed by atoms with van der Waals surface area (Å²) in [7, 11) is 3.92. The van der Waals surface area contributed by atoms with Crippen molar-refractivity contribution in [2.24, 2.45) is 0 Å². The molecule has 0 saturated carbocycles. The molecule has 0 atom stereocenters. The Labute approximate surface area is 107 Å². The van der Waals surface area contributed by atoms with Crippen molar-refractivity contribution in [1.82, 2.24) is 10.2 Å². The quantitative estimate of drug-likeness (QED) is 0.901. The molecular formula is C11H16Cl2N2O. The van der Waals surface area contributed by atoms with Crippen molar-refractivity contribution < 1.29 is 4.79 Å². The van der Waals surface area contributed by atoms with Crippen molar-refractivity contribution >= 4 is 29.9 Å². The lowest BCUT2D eigenvalue weighted by molar-refractivity contribution is 0.0951. The first-order valence-corrected chi connectivity index (χ1v) is 5.16. The Balaban J connectivity index is 0.00000225. The van der Waals surface area contributed by atoms with Gasteiger partial charge in [0.25, 0.3) is 5.91 Å². The molecule has 0 radical (unpaired) electrons. The normalized spacial score (nSPS) is 9.75. The minimum absolute atomic E-state index is 0. The zero-order valence-corrected chi connectivity index (χ0v) is 10.9. The molecule has 90 valence electrons. The Morgan fingerprint density at radius 2 is 2.00 bits per heavy atom. The van der Waals surface area contributed by atoms with E-state index in [1.807, 2.05) is 19.0 Å². The zero-order chi connectivity index (χ0) is 11.3. The fourth-order valence-electron chi connectivity index (χ4n) is 1.13. The van der Waals surface area contributed by atoms with Crippen LogP contribution < -0.4 is 5.32 Å². The highest BCUT2D eigenvalue weighted by Crippen LogP contribution is 2.14. The van der Waals surface area contributed by atoms with Crippen molar-refractivity contribution in [3.8, 4) is 0 Å². The van der Waals surface area contributed by atoms with Gasteiger partial charge in [-0.1, -0.05) is 23.7 Å². The second-order valence-electron chi connectivity index (χ2n) is 3.54. The van der Waals surface area contributed by atoms with Gasteiger partial charge in [-0.3, -0.25) is 4.79 Å². The molecule has 1 rings (SSSR count). The number of carbonyl (C=O) groups excluding carboxylic acids is 1. The highest BCUT2D eigenvalue weighted by Gasteiger charge is 2.07. The summed E-state index contributed by atoms with van der Waals surface area (Å²) in [6.07, 6.45) is 0. The molecule has 1 N–H and O–H groups in total. The molecule has 1 amide bonds. The fraction of sp³-hybridized carbons (Fsp3) is 0.364. The van der Waals surface area contributed by atoms with Crippen molar-refractivity contribution in [1.29, 1.82) is 0 Å². The first-order chi connectivity index (χ1) is 7.11. The number of halogens is 2. The van der Waals surface area contributed by atoms with Gasteiger partial charge in [0.1, 0.15) is 0 Å². The van der Waals surface area contributed by atoms with Gasteiger partial charge < -0.3 is 10.2 Å². The lowest BCUT2D eigenvalue weighted by Gasteiger charge is -2.10. The van der Waals surface area contributed by atoms with Crippen molar-refractivity contribution in [2.45, 2.75) is 0 Å². The number of nitrogens with zero attached hydrogens (tertiary/aromatic N) is 1. The van der Waals surface area contributed by atoms with Gasteiger partial charge in [-0.15, -0.1) is 12.4 Å². The third-order valence-corrected chi connectivity index (χ3v) is 2.29.